The first-order valence-corrected chi connectivity index (χ1v) is 10.5. The average Bonchev–Trinajstić information content (AvgIpc) is 3.25. The minimum atomic E-state index is -0.382. The molecule has 0 atom stereocenters. The van der Waals surface area contributed by atoms with Gasteiger partial charge in [0.15, 0.2) is 5.82 Å². The monoisotopic (exact) mass is 450 g/mol. The molecule has 8 heteroatoms. The fourth-order valence-corrected chi connectivity index (χ4v) is 3.93. The van der Waals surface area contributed by atoms with Crippen LogP contribution in [0.3, 0.4) is 0 Å². The molecule has 2 saturated heterocycles. The Morgan fingerprint density at radius 3 is 1.38 bits per heavy atom. The molecule has 5 rings (SSSR count). The van der Waals surface area contributed by atoms with E-state index in [-0.39, 0.29) is 47.6 Å². The van der Waals surface area contributed by atoms with Gasteiger partial charge in [0.2, 0.25) is 11.8 Å². The molecule has 0 saturated carbocycles. The van der Waals surface area contributed by atoms with Gasteiger partial charge in [-0.25, -0.2) is 19.8 Å². The second-order valence-electron chi connectivity index (χ2n) is 8.02. The van der Waals surface area contributed by atoms with Crippen LogP contribution < -0.4 is 9.80 Å². The Labute approximate surface area is 194 Å². The van der Waals surface area contributed by atoms with Crippen LogP contribution in [0.4, 0.5) is 11.4 Å². The van der Waals surface area contributed by atoms with Crippen LogP contribution in [-0.4, -0.2) is 33.6 Å². The maximum atomic E-state index is 12.1. The summed E-state index contributed by atoms with van der Waals surface area (Å²) < 4.78 is 0. The Kier molecular flexibility index (Phi) is 4.98. The van der Waals surface area contributed by atoms with Crippen molar-refractivity contribution in [2.75, 3.05) is 9.80 Å². The predicted molar refractivity (Wildman–Crippen MR) is 125 cm³/mol. The summed E-state index contributed by atoms with van der Waals surface area (Å²) in [4.78, 5) is 59.5. The van der Waals surface area contributed by atoms with Crippen molar-refractivity contribution in [1.82, 2.24) is 9.97 Å². The second kappa shape index (κ2) is 8.00. The van der Waals surface area contributed by atoms with Gasteiger partial charge in [0, 0.05) is 34.7 Å². The Morgan fingerprint density at radius 2 is 1.00 bits per heavy atom. The largest absolute Gasteiger partial charge is 0.274 e. The first kappa shape index (κ1) is 21.1. The van der Waals surface area contributed by atoms with Crippen LogP contribution in [0.2, 0.25) is 0 Å². The van der Waals surface area contributed by atoms with E-state index in [4.69, 9.17) is 0 Å². The van der Waals surface area contributed by atoms with Gasteiger partial charge in [-0.3, -0.25) is 19.2 Å². The molecule has 2 aliphatic rings. The maximum absolute atomic E-state index is 12.1. The van der Waals surface area contributed by atoms with Crippen LogP contribution in [0, 0.1) is 0 Å². The highest BCUT2D eigenvalue weighted by atomic mass is 16.2. The van der Waals surface area contributed by atoms with E-state index in [1.54, 1.807) is 60.9 Å². The minimum Gasteiger partial charge on any atom is -0.274 e. The van der Waals surface area contributed by atoms with E-state index >= 15 is 0 Å². The van der Waals surface area contributed by atoms with E-state index in [0.29, 0.717) is 17.2 Å². The third kappa shape index (κ3) is 3.51. The first-order chi connectivity index (χ1) is 16.3. The van der Waals surface area contributed by atoms with Gasteiger partial charge in [0.05, 0.1) is 24.2 Å². The molecular formula is C26H18N4O4. The Balaban J connectivity index is 1.33. The predicted octanol–water partition coefficient (Wildman–Crippen LogP) is 3.45. The smallest absolute Gasteiger partial charge is 0.260 e. The van der Waals surface area contributed by atoms with Crippen molar-refractivity contribution in [2.45, 2.75) is 12.8 Å². The fourth-order valence-electron chi connectivity index (χ4n) is 3.93. The quantitative estimate of drug-likeness (QED) is 0.446. The van der Waals surface area contributed by atoms with Crippen LogP contribution >= 0.6 is 0 Å². The Bertz CT molecular complexity index is 1280. The molecule has 1 aromatic heterocycles. The molecule has 8 nitrogen and oxygen atoms in total. The van der Waals surface area contributed by atoms with E-state index in [0.717, 1.165) is 26.5 Å². The lowest BCUT2D eigenvalue weighted by atomic mass is 10.1. The summed E-state index contributed by atoms with van der Waals surface area (Å²) in [5, 5.41) is 0. The number of nitrogens with zero attached hydrogens (tertiary/aromatic N) is 4. The van der Waals surface area contributed by atoms with E-state index < -0.39 is 0 Å². The van der Waals surface area contributed by atoms with Gasteiger partial charge < -0.3 is 0 Å². The molecule has 3 heterocycles. The summed E-state index contributed by atoms with van der Waals surface area (Å²) in [5.41, 5.74) is 3.87. The molecule has 4 amide bonds. The van der Waals surface area contributed by atoms with Crippen molar-refractivity contribution < 1.29 is 19.2 Å². The molecule has 0 aliphatic carbocycles. The summed E-state index contributed by atoms with van der Waals surface area (Å²) in [6.07, 6.45) is 3.43. The Hall–Kier alpha value is -4.72. The summed E-state index contributed by atoms with van der Waals surface area (Å²) >= 11 is 0. The number of anilines is 2. The van der Waals surface area contributed by atoms with E-state index in [1.807, 2.05) is 0 Å². The third-order valence-corrected chi connectivity index (χ3v) is 5.73. The molecule has 0 N–H and O–H groups in total. The SMILES string of the molecule is C=C1CC(=O)N(c2ccc(-c3cnc(-c4ccc(N5C(=O)CC(=C)C5=O)cc4)nc3)cc2)C1=O. The second-order valence-corrected chi connectivity index (χ2v) is 8.02. The van der Waals surface area contributed by atoms with Crippen LogP contribution in [0.15, 0.2) is 85.2 Å². The molecule has 166 valence electrons. The molecule has 2 aromatic carbocycles. The van der Waals surface area contributed by atoms with Gasteiger partial charge in [0.25, 0.3) is 11.8 Å². The number of carbonyl (C=O) groups excluding carboxylic acids is 4. The lowest BCUT2D eigenvalue weighted by molar-refractivity contribution is -0.122. The van der Waals surface area contributed by atoms with Gasteiger partial charge in [-0.05, 0) is 42.0 Å². The van der Waals surface area contributed by atoms with E-state index in [1.165, 1.54) is 0 Å². The number of rotatable bonds is 4. The van der Waals surface area contributed by atoms with Crippen LogP contribution in [0.1, 0.15) is 12.8 Å². The maximum Gasteiger partial charge on any atom is 0.260 e. The lowest BCUT2D eigenvalue weighted by Crippen LogP contribution is -2.28. The number of imide groups is 2. The zero-order chi connectivity index (χ0) is 24.0. The van der Waals surface area contributed by atoms with Gasteiger partial charge in [-0.2, -0.15) is 0 Å². The van der Waals surface area contributed by atoms with Crippen LogP contribution in [0.5, 0.6) is 0 Å². The summed E-state index contributed by atoms with van der Waals surface area (Å²) in [6, 6.07) is 13.8. The summed E-state index contributed by atoms with van der Waals surface area (Å²) in [6.45, 7) is 7.26. The number of carbonyl (C=O) groups is 4. The topological polar surface area (TPSA) is 101 Å². The average molecular weight is 450 g/mol. The van der Waals surface area contributed by atoms with Crippen molar-refractivity contribution in [3.8, 4) is 22.5 Å². The van der Waals surface area contributed by atoms with Gasteiger partial charge >= 0.3 is 0 Å². The normalized spacial score (nSPS) is 16.2. The molecule has 3 aromatic rings. The first-order valence-electron chi connectivity index (χ1n) is 10.5. The van der Waals surface area contributed by atoms with E-state index in [9.17, 15) is 19.2 Å². The lowest BCUT2D eigenvalue weighted by Gasteiger charge is -2.14. The standard InChI is InChI=1S/C26H18N4O4/c1-15-11-22(31)29(25(15)33)20-7-3-17(4-8-20)19-13-27-24(28-14-19)18-5-9-21(10-6-18)30-23(32)12-16(2)26(30)34/h3-10,13-14H,1-2,11-12H2. The highest BCUT2D eigenvalue weighted by Gasteiger charge is 2.34. The molecule has 0 bridgehead atoms. The van der Waals surface area contributed by atoms with Gasteiger partial charge in [-0.15, -0.1) is 0 Å². The zero-order valence-electron chi connectivity index (χ0n) is 18.0. The summed E-state index contributed by atoms with van der Waals surface area (Å²) in [7, 11) is 0. The van der Waals surface area contributed by atoms with Gasteiger partial charge in [-0.1, -0.05) is 25.3 Å². The molecule has 2 fully saturated rings. The number of benzene rings is 2. The van der Waals surface area contributed by atoms with Crippen molar-refractivity contribution in [2.24, 2.45) is 0 Å². The molecular weight excluding hydrogens is 432 g/mol. The third-order valence-electron chi connectivity index (χ3n) is 5.73. The fraction of sp³-hybridized carbons (Fsp3) is 0.0769. The highest BCUT2D eigenvalue weighted by Crippen LogP contribution is 2.29. The highest BCUT2D eigenvalue weighted by molar-refractivity contribution is 6.28. The number of hydrogen-bond donors (Lipinski definition) is 0. The number of aromatic nitrogens is 2. The van der Waals surface area contributed by atoms with Crippen molar-refractivity contribution in [1.29, 1.82) is 0 Å². The molecule has 0 spiro atoms. The molecule has 0 unspecified atom stereocenters. The number of hydrogen-bond acceptors (Lipinski definition) is 6. The molecule has 34 heavy (non-hydrogen) atoms. The summed E-state index contributed by atoms with van der Waals surface area (Å²) in [5.74, 6) is -0.850. The molecule has 2 aliphatic heterocycles. The van der Waals surface area contributed by atoms with Crippen molar-refractivity contribution in [3.05, 3.63) is 85.2 Å². The van der Waals surface area contributed by atoms with Crippen LogP contribution in [-0.2, 0) is 19.2 Å². The Morgan fingerprint density at radius 1 is 0.588 bits per heavy atom. The van der Waals surface area contributed by atoms with E-state index in [2.05, 4.69) is 23.1 Å². The minimum absolute atomic E-state index is 0.0338. The number of amides is 4. The van der Waals surface area contributed by atoms with Crippen molar-refractivity contribution >= 4 is 35.0 Å². The van der Waals surface area contributed by atoms with Crippen molar-refractivity contribution in [3.63, 3.8) is 0 Å². The molecule has 0 radical (unpaired) electrons. The van der Waals surface area contributed by atoms with Gasteiger partial charge in [0.1, 0.15) is 0 Å². The zero-order valence-corrected chi connectivity index (χ0v) is 18.0. The van der Waals surface area contributed by atoms with Crippen LogP contribution in [0.25, 0.3) is 22.5 Å².